The summed E-state index contributed by atoms with van der Waals surface area (Å²) in [6.07, 6.45) is 0. The van der Waals surface area contributed by atoms with E-state index in [-0.39, 0.29) is 0 Å². The molecule has 0 bridgehead atoms. The number of hydrogen-bond donors (Lipinski definition) is 2. The van der Waals surface area contributed by atoms with Gasteiger partial charge >= 0.3 is 0 Å². The van der Waals surface area contributed by atoms with Crippen molar-refractivity contribution in [2.45, 2.75) is 23.8 Å². The fourth-order valence-corrected chi connectivity index (χ4v) is 0.193. The molecule has 0 saturated carbocycles. The van der Waals surface area contributed by atoms with Crippen LogP contribution in [0, 0.1) is 0 Å². The van der Waals surface area contributed by atoms with E-state index in [9.17, 15) is 0 Å². The third-order valence-corrected chi connectivity index (χ3v) is 2.26. The van der Waals surface area contributed by atoms with Crippen LogP contribution in [0.4, 0.5) is 0 Å². The van der Waals surface area contributed by atoms with Gasteiger partial charge in [-0.25, -0.2) is 0 Å². The molecule has 9 heavy (non-hydrogen) atoms. The van der Waals surface area contributed by atoms with Crippen LogP contribution in [0.5, 0.6) is 0 Å². The fourth-order valence-electron chi connectivity index (χ4n) is 0.193. The SMILES string of the molecule is CC(C)(O)C(Cl)(Cl)CO. The average molecular weight is 173 g/mol. The smallest absolute Gasteiger partial charge is 0.168 e. The van der Waals surface area contributed by atoms with Crippen LogP contribution in [0.25, 0.3) is 0 Å². The van der Waals surface area contributed by atoms with Crippen molar-refractivity contribution >= 4 is 23.2 Å². The highest BCUT2D eigenvalue weighted by molar-refractivity contribution is 6.49. The van der Waals surface area contributed by atoms with Crippen LogP contribution in [0.3, 0.4) is 0 Å². The van der Waals surface area contributed by atoms with Crippen LogP contribution in [0.1, 0.15) is 13.8 Å². The molecule has 0 aromatic heterocycles. The van der Waals surface area contributed by atoms with Crippen LogP contribution in [-0.4, -0.2) is 26.8 Å². The Morgan fingerprint density at radius 3 is 1.67 bits per heavy atom. The van der Waals surface area contributed by atoms with E-state index in [2.05, 4.69) is 0 Å². The van der Waals surface area contributed by atoms with E-state index in [4.69, 9.17) is 33.4 Å². The van der Waals surface area contributed by atoms with E-state index in [1.807, 2.05) is 0 Å². The molecular weight excluding hydrogens is 163 g/mol. The Bertz CT molecular complexity index is 95.6. The quantitative estimate of drug-likeness (QED) is 0.609. The maximum Gasteiger partial charge on any atom is 0.168 e. The van der Waals surface area contributed by atoms with Crippen molar-refractivity contribution in [3.63, 3.8) is 0 Å². The van der Waals surface area contributed by atoms with Gasteiger partial charge in [-0.2, -0.15) is 0 Å². The predicted molar refractivity (Wildman–Crippen MR) is 37.8 cm³/mol. The summed E-state index contributed by atoms with van der Waals surface area (Å²) in [5.74, 6) is 0. The van der Waals surface area contributed by atoms with Crippen LogP contribution in [0.15, 0.2) is 0 Å². The van der Waals surface area contributed by atoms with Gasteiger partial charge in [0, 0.05) is 0 Å². The molecule has 0 aliphatic rings. The molecule has 0 spiro atoms. The van der Waals surface area contributed by atoms with Gasteiger partial charge in [0.15, 0.2) is 4.33 Å². The lowest BCUT2D eigenvalue weighted by molar-refractivity contribution is 0.0407. The van der Waals surface area contributed by atoms with Gasteiger partial charge in [0.05, 0.1) is 12.2 Å². The first-order valence-corrected chi connectivity index (χ1v) is 3.28. The van der Waals surface area contributed by atoms with E-state index < -0.39 is 16.5 Å². The molecule has 4 heteroatoms. The Hall–Kier alpha value is 0.500. The first-order chi connectivity index (χ1) is 3.81. The van der Waals surface area contributed by atoms with Gasteiger partial charge in [-0.15, -0.1) is 0 Å². The third-order valence-electron chi connectivity index (χ3n) is 1.09. The van der Waals surface area contributed by atoms with Crippen LogP contribution in [0.2, 0.25) is 0 Å². The minimum absolute atomic E-state index is 0.459. The summed E-state index contributed by atoms with van der Waals surface area (Å²) in [7, 11) is 0. The number of halogens is 2. The van der Waals surface area contributed by atoms with Crippen LogP contribution < -0.4 is 0 Å². The minimum Gasteiger partial charge on any atom is -0.393 e. The lowest BCUT2D eigenvalue weighted by atomic mass is 10.1. The van der Waals surface area contributed by atoms with E-state index in [1.165, 1.54) is 13.8 Å². The van der Waals surface area contributed by atoms with Crippen LogP contribution >= 0.6 is 23.2 Å². The summed E-state index contributed by atoms with van der Waals surface area (Å²) in [6.45, 7) is 2.41. The van der Waals surface area contributed by atoms with Gasteiger partial charge in [-0.1, -0.05) is 23.2 Å². The number of alkyl halides is 2. The zero-order valence-corrected chi connectivity index (χ0v) is 6.87. The summed E-state index contributed by atoms with van der Waals surface area (Å²) in [6, 6.07) is 0. The molecule has 0 rings (SSSR count). The van der Waals surface area contributed by atoms with Gasteiger partial charge in [0.2, 0.25) is 0 Å². The highest BCUT2D eigenvalue weighted by Crippen LogP contribution is 2.32. The van der Waals surface area contributed by atoms with Crippen molar-refractivity contribution in [1.29, 1.82) is 0 Å². The molecule has 0 fully saturated rings. The molecule has 0 atom stereocenters. The molecule has 2 N–H and O–H groups in total. The largest absolute Gasteiger partial charge is 0.393 e. The fraction of sp³-hybridized carbons (Fsp3) is 1.00. The first-order valence-electron chi connectivity index (χ1n) is 2.52. The van der Waals surface area contributed by atoms with Gasteiger partial charge < -0.3 is 10.2 Å². The van der Waals surface area contributed by atoms with E-state index in [1.54, 1.807) is 0 Å². The lowest BCUT2D eigenvalue weighted by Gasteiger charge is -2.30. The second-order valence-corrected chi connectivity index (χ2v) is 3.91. The second kappa shape index (κ2) is 2.62. The molecule has 0 saturated heterocycles. The first kappa shape index (κ1) is 9.50. The Balaban J connectivity index is 4.14. The maximum absolute atomic E-state index is 9.12. The molecule has 0 aromatic carbocycles. The van der Waals surface area contributed by atoms with Gasteiger partial charge in [0.1, 0.15) is 0 Å². The Morgan fingerprint density at radius 2 is 1.67 bits per heavy atom. The summed E-state index contributed by atoms with van der Waals surface area (Å²) in [5, 5.41) is 17.6. The molecule has 0 aliphatic carbocycles. The van der Waals surface area contributed by atoms with Gasteiger partial charge in [-0.3, -0.25) is 0 Å². The van der Waals surface area contributed by atoms with E-state index in [0.717, 1.165) is 0 Å². The van der Waals surface area contributed by atoms with E-state index >= 15 is 0 Å². The third kappa shape index (κ3) is 2.30. The van der Waals surface area contributed by atoms with Gasteiger partial charge in [0.25, 0.3) is 0 Å². The highest BCUT2D eigenvalue weighted by Gasteiger charge is 2.39. The average Bonchev–Trinajstić information content (AvgIpc) is 1.64. The summed E-state index contributed by atoms with van der Waals surface area (Å²) in [5.41, 5.74) is -1.27. The topological polar surface area (TPSA) is 40.5 Å². The number of rotatable bonds is 2. The highest BCUT2D eigenvalue weighted by atomic mass is 35.5. The summed E-state index contributed by atoms with van der Waals surface area (Å²) >= 11 is 10.9. The number of aliphatic hydroxyl groups excluding tert-OH is 1. The summed E-state index contributed by atoms with van der Waals surface area (Å²) in [4.78, 5) is 0. The Labute approximate surface area is 64.4 Å². The molecular formula is C5H10Cl2O2. The molecule has 0 amide bonds. The molecule has 0 heterocycles. The summed E-state index contributed by atoms with van der Waals surface area (Å²) < 4.78 is -1.47. The molecule has 56 valence electrons. The number of aliphatic hydroxyl groups is 2. The monoisotopic (exact) mass is 172 g/mol. The van der Waals surface area contributed by atoms with Crippen molar-refractivity contribution in [3.05, 3.63) is 0 Å². The number of hydrogen-bond acceptors (Lipinski definition) is 2. The Kier molecular flexibility index (Phi) is 2.77. The molecule has 0 radical (unpaired) electrons. The van der Waals surface area contributed by atoms with Crippen molar-refractivity contribution in [2.75, 3.05) is 6.61 Å². The molecule has 0 aromatic rings. The zero-order chi connectivity index (χ0) is 7.71. The molecule has 0 unspecified atom stereocenters. The van der Waals surface area contributed by atoms with Crippen molar-refractivity contribution in [3.8, 4) is 0 Å². The maximum atomic E-state index is 9.12. The Morgan fingerprint density at radius 1 is 1.33 bits per heavy atom. The van der Waals surface area contributed by atoms with E-state index in [0.29, 0.717) is 0 Å². The standard InChI is InChI=1S/C5H10Cl2O2/c1-4(2,9)5(6,7)3-8/h8-9H,3H2,1-2H3. The second-order valence-electron chi connectivity index (χ2n) is 2.42. The van der Waals surface area contributed by atoms with Crippen molar-refractivity contribution in [1.82, 2.24) is 0 Å². The lowest BCUT2D eigenvalue weighted by Crippen LogP contribution is -2.43. The predicted octanol–water partition coefficient (Wildman–Crippen LogP) is 0.923. The minimum atomic E-state index is -1.47. The van der Waals surface area contributed by atoms with Crippen molar-refractivity contribution < 1.29 is 10.2 Å². The molecule has 0 aliphatic heterocycles. The molecule has 2 nitrogen and oxygen atoms in total. The normalized spacial score (nSPS) is 14.0. The van der Waals surface area contributed by atoms with Crippen molar-refractivity contribution in [2.24, 2.45) is 0 Å². The van der Waals surface area contributed by atoms with Crippen LogP contribution in [-0.2, 0) is 0 Å². The zero-order valence-electron chi connectivity index (χ0n) is 5.36. The van der Waals surface area contributed by atoms with Gasteiger partial charge in [-0.05, 0) is 13.8 Å².